The van der Waals surface area contributed by atoms with E-state index in [2.05, 4.69) is 65.7 Å². The fourth-order valence-corrected chi connectivity index (χ4v) is 5.86. The molecule has 3 aliphatic rings. The van der Waals surface area contributed by atoms with Gasteiger partial charge in [0, 0.05) is 18.2 Å². The zero-order valence-corrected chi connectivity index (χ0v) is 19.1. The Morgan fingerprint density at radius 3 is 2.47 bits per heavy atom. The van der Waals surface area contributed by atoms with Gasteiger partial charge in [0.25, 0.3) is 0 Å². The van der Waals surface area contributed by atoms with E-state index in [9.17, 15) is 4.79 Å². The number of fused-ring (bicyclic) bond motifs is 5. The smallest absolute Gasteiger partial charge is 0.410 e. The van der Waals surface area contributed by atoms with Crippen LogP contribution >= 0.6 is 0 Å². The molecule has 1 fully saturated rings. The summed E-state index contributed by atoms with van der Waals surface area (Å²) in [5.74, 6) is 0.0672. The van der Waals surface area contributed by atoms with Crippen molar-refractivity contribution in [2.75, 3.05) is 6.61 Å². The van der Waals surface area contributed by atoms with Crippen molar-refractivity contribution in [2.45, 2.75) is 44.2 Å². The minimum absolute atomic E-state index is 0.0420. The number of benzene rings is 2. The first-order valence-electron chi connectivity index (χ1n) is 11.8. The summed E-state index contributed by atoms with van der Waals surface area (Å²) >= 11 is 0. The highest BCUT2D eigenvalue weighted by Crippen LogP contribution is 2.45. The van der Waals surface area contributed by atoms with Crippen LogP contribution in [0.5, 0.6) is 0 Å². The van der Waals surface area contributed by atoms with Crippen molar-refractivity contribution in [3.8, 4) is 17.2 Å². The third-order valence-electron chi connectivity index (χ3n) is 7.50. The van der Waals surface area contributed by atoms with Crippen LogP contribution in [0.1, 0.15) is 53.1 Å². The first-order chi connectivity index (χ1) is 16.6. The van der Waals surface area contributed by atoms with E-state index in [1.807, 2.05) is 17.9 Å². The number of aryl methyl sites for hydroxylation is 1. The van der Waals surface area contributed by atoms with Gasteiger partial charge in [-0.15, -0.1) is 0 Å². The maximum atomic E-state index is 13.2. The standard InChI is InChI=1S/C29H25N3O2/c1-18-12-20(16-31-28(18)15-30)19-13-21-10-11-22(14-19)32(21)29(33)34-17-27-25-8-4-2-6-23(25)24-7-3-5-9-26(24)27/h2-9,12-13,16,21-22,27H,10-11,14,17H2,1H3. The number of hydrogen-bond acceptors (Lipinski definition) is 4. The largest absolute Gasteiger partial charge is 0.448 e. The summed E-state index contributed by atoms with van der Waals surface area (Å²) in [7, 11) is 0. The van der Waals surface area contributed by atoms with Gasteiger partial charge in [-0.25, -0.2) is 9.78 Å². The Morgan fingerprint density at radius 2 is 1.82 bits per heavy atom. The van der Waals surface area contributed by atoms with Crippen LogP contribution in [-0.4, -0.2) is 34.7 Å². The summed E-state index contributed by atoms with van der Waals surface area (Å²) in [6, 6.07) is 21.1. The lowest BCUT2D eigenvalue weighted by molar-refractivity contribution is 0.0866. The van der Waals surface area contributed by atoms with Gasteiger partial charge in [0.05, 0.1) is 6.04 Å². The highest BCUT2D eigenvalue weighted by molar-refractivity contribution is 5.79. The minimum atomic E-state index is -0.223. The number of pyridine rings is 1. The quantitative estimate of drug-likeness (QED) is 0.507. The molecular formula is C29H25N3O2. The number of carbonyl (C=O) groups excluding carboxylic acids is 1. The van der Waals surface area contributed by atoms with Crippen molar-refractivity contribution >= 4 is 11.7 Å². The van der Waals surface area contributed by atoms with Crippen LogP contribution in [0.2, 0.25) is 0 Å². The molecule has 1 aliphatic carbocycles. The van der Waals surface area contributed by atoms with E-state index in [1.54, 1.807) is 6.20 Å². The second-order valence-corrected chi connectivity index (χ2v) is 9.41. The summed E-state index contributed by atoms with van der Waals surface area (Å²) in [4.78, 5) is 19.5. The number of ether oxygens (including phenoxy) is 1. The Morgan fingerprint density at radius 1 is 1.12 bits per heavy atom. The van der Waals surface area contributed by atoms with E-state index < -0.39 is 0 Å². The Hall–Kier alpha value is -3.91. The van der Waals surface area contributed by atoms with Crippen molar-refractivity contribution in [2.24, 2.45) is 0 Å². The fourth-order valence-electron chi connectivity index (χ4n) is 5.86. The zero-order valence-electron chi connectivity index (χ0n) is 19.1. The molecule has 3 aromatic rings. The van der Waals surface area contributed by atoms with Gasteiger partial charge in [0.1, 0.15) is 18.4 Å². The molecule has 34 heavy (non-hydrogen) atoms. The molecule has 2 atom stereocenters. The van der Waals surface area contributed by atoms with E-state index in [0.29, 0.717) is 12.3 Å². The number of amides is 1. The minimum Gasteiger partial charge on any atom is -0.448 e. The van der Waals surface area contributed by atoms with Crippen LogP contribution in [0, 0.1) is 18.3 Å². The molecule has 168 valence electrons. The first-order valence-corrected chi connectivity index (χ1v) is 11.8. The number of carbonyl (C=O) groups is 1. The maximum absolute atomic E-state index is 13.2. The van der Waals surface area contributed by atoms with Crippen molar-refractivity contribution in [3.05, 3.63) is 94.8 Å². The van der Waals surface area contributed by atoms with Gasteiger partial charge in [0.2, 0.25) is 0 Å². The zero-order chi connectivity index (χ0) is 23.2. The van der Waals surface area contributed by atoms with Crippen molar-refractivity contribution in [1.82, 2.24) is 9.88 Å². The molecule has 1 saturated heterocycles. The highest BCUT2D eigenvalue weighted by atomic mass is 16.6. The average molecular weight is 448 g/mol. The molecule has 1 aromatic heterocycles. The topological polar surface area (TPSA) is 66.2 Å². The van der Waals surface area contributed by atoms with Gasteiger partial charge in [-0.1, -0.05) is 54.6 Å². The molecule has 2 unspecified atom stereocenters. The molecule has 0 spiro atoms. The number of hydrogen-bond donors (Lipinski definition) is 0. The Balaban J connectivity index is 1.20. The van der Waals surface area contributed by atoms with E-state index in [0.717, 1.165) is 30.4 Å². The van der Waals surface area contributed by atoms with Crippen LogP contribution in [0.25, 0.3) is 16.7 Å². The Bertz CT molecular complexity index is 1320. The summed E-state index contributed by atoms with van der Waals surface area (Å²) in [6.07, 6.45) is 6.44. The van der Waals surface area contributed by atoms with Crippen LogP contribution < -0.4 is 0 Å². The summed E-state index contributed by atoms with van der Waals surface area (Å²) in [6.45, 7) is 2.26. The molecule has 5 heteroatoms. The third-order valence-corrected chi connectivity index (χ3v) is 7.50. The van der Waals surface area contributed by atoms with Gasteiger partial charge >= 0.3 is 6.09 Å². The van der Waals surface area contributed by atoms with Gasteiger partial charge in [-0.2, -0.15) is 5.26 Å². The fraction of sp³-hybridized carbons (Fsp3) is 0.276. The maximum Gasteiger partial charge on any atom is 0.410 e. The lowest BCUT2D eigenvalue weighted by atomic mass is 9.95. The van der Waals surface area contributed by atoms with Gasteiger partial charge in [-0.05, 0) is 71.2 Å². The molecular weight excluding hydrogens is 422 g/mol. The van der Waals surface area contributed by atoms with Crippen molar-refractivity contribution in [1.29, 1.82) is 5.26 Å². The molecule has 2 bridgehead atoms. The van der Waals surface area contributed by atoms with E-state index in [-0.39, 0.29) is 24.1 Å². The SMILES string of the molecule is Cc1cc(C2=CC3CCC(C2)N3C(=O)OCC2c3ccccc3-c3ccccc32)cnc1C#N. The normalized spacial score (nSPS) is 20.4. The lowest BCUT2D eigenvalue weighted by Gasteiger charge is -2.33. The monoisotopic (exact) mass is 447 g/mol. The predicted molar refractivity (Wildman–Crippen MR) is 130 cm³/mol. The van der Waals surface area contributed by atoms with Crippen LogP contribution in [-0.2, 0) is 4.74 Å². The number of aromatic nitrogens is 1. The second-order valence-electron chi connectivity index (χ2n) is 9.41. The van der Waals surface area contributed by atoms with Gasteiger partial charge < -0.3 is 4.74 Å². The molecule has 0 N–H and O–H groups in total. The summed E-state index contributed by atoms with van der Waals surface area (Å²) < 4.78 is 5.96. The highest BCUT2D eigenvalue weighted by Gasteiger charge is 2.41. The molecule has 0 radical (unpaired) electrons. The van der Waals surface area contributed by atoms with Crippen LogP contribution in [0.15, 0.2) is 66.9 Å². The van der Waals surface area contributed by atoms with Gasteiger partial charge in [-0.3, -0.25) is 4.90 Å². The lowest BCUT2D eigenvalue weighted by Crippen LogP contribution is -2.43. The molecule has 2 aromatic carbocycles. The van der Waals surface area contributed by atoms with E-state index >= 15 is 0 Å². The average Bonchev–Trinajstić information content (AvgIpc) is 3.33. The van der Waals surface area contributed by atoms with Crippen LogP contribution in [0.3, 0.4) is 0 Å². The summed E-state index contributed by atoms with van der Waals surface area (Å²) in [5, 5.41) is 9.16. The van der Waals surface area contributed by atoms with Crippen molar-refractivity contribution in [3.63, 3.8) is 0 Å². The molecule has 3 heterocycles. The molecule has 1 amide bonds. The predicted octanol–water partition coefficient (Wildman–Crippen LogP) is 5.83. The van der Waals surface area contributed by atoms with Gasteiger partial charge in [0.15, 0.2) is 0 Å². The van der Waals surface area contributed by atoms with Crippen molar-refractivity contribution < 1.29 is 9.53 Å². The second kappa shape index (κ2) is 8.14. The first kappa shape index (κ1) is 20.7. The summed E-state index contributed by atoms with van der Waals surface area (Å²) in [5.41, 5.74) is 8.51. The molecule has 5 nitrogen and oxygen atoms in total. The molecule has 0 saturated carbocycles. The van der Waals surface area contributed by atoms with E-state index in [4.69, 9.17) is 10.00 Å². The Labute approximate surface area is 199 Å². The number of nitrogens with zero attached hydrogens (tertiary/aromatic N) is 3. The number of nitriles is 1. The molecule has 6 rings (SSSR count). The number of rotatable bonds is 3. The third kappa shape index (κ3) is 3.30. The van der Waals surface area contributed by atoms with Crippen LogP contribution in [0.4, 0.5) is 4.79 Å². The molecule has 2 aliphatic heterocycles. The van der Waals surface area contributed by atoms with E-state index in [1.165, 1.54) is 27.8 Å². The Kier molecular flexibility index (Phi) is 4.95.